The molecule has 1 heterocycles. The lowest BCUT2D eigenvalue weighted by Crippen LogP contribution is -2.31. The molecule has 3 aromatic carbocycles. The summed E-state index contributed by atoms with van der Waals surface area (Å²) in [6.07, 6.45) is 0. The third-order valence-electron chi connectivity index (χ3n) is 6.04. The molecule has 0 aliphatic heterocycles. The minimum atomic E-state index is -0.309. The van der Waals surface area contributed by atoms with Crippen LogP contribution < -0.4 is 11.1 Å². The molecule has 0 fully saturated rings. The Bertz CT molecular complexity index is 1450. The molecule has 2 amide bonds. The summed E-state index contributed by atoms with van der Waals surface area (Å²) < 4.78 is 5.25. The predicted molar refractivity (Wildman–Crippen MR) is 139 cm³/mol. The van der Waals surface area contributed by atoms with Crippen LogP contribution in [-0.2, 0) is 19.6 Å². The highest BCUT2D eigenvalue weighted by Gasteiger charge is 2.25. The quantitative estimate of drug-likeness (QED) is 0.366. The Morgan fingerprint density at radius 3 is 2.41 bits per heavy atom. The van der Waals surface area contributed by atoms with Gasteiger partial charge in [0.1, 0.15) is 11.3 Å². The van der Waals surface area contributed by atoms with Crippen LogP contribution >= 0.6 is 0 Å². The van der Waals surface area contributed by atoms with E-state index in [0.717, 1.165) is 16.7 Å². The van der Waals surface area contributed by atoms with Gasteiger partial charge in [-0.2, -0.15) is 5.26 Å². The Morgan fingerprint density at radius 1 is 1.00 bits per heavy atom. The number of benzene rings is 3. The molecule has 37 heavy (non-hydrogen) atoms. The first kappa shape index (κ1) is 25.4. The van der Waals surface area contributed by atoms with Crippen molar-refractivity contribution in [1.82, 2.24) is 10.1 Å². The number of carbonyl (C=O) groups excluding carboxylic acids is 2. The number of anilines is 1. The van der Waals surface area contributed by atoms with E-state index in [-0.39, 0.29) is 18.4 Å². The van der Waals surface area contributed by atoms with Gasteiger partial charge in [0.05, 0.1) is 17.3 Å². The first-order valence-corrected chi connectivity index (χ1v) is 11.8. The highest BCUT2D eigenvalue weighted by molar-refractivity contribution is 6.04. The first-order chi connectivity index (χ1) is 17.9. The summed E-state index contributed by atoms with van der Waals surface area (Å²) in [5.41, 5.74) is 10.9. The molecule has 8 heteroatoms. The highest BCUT2D eigenvalue weighted by Crippen LogP contribution is 2.23. The maximum Gasteiger partial charge on any atom is 0.259 e. The molecule has 8 nitrogen and oxygen atoms in total. The molecule has 0 unspecified atom stereocenters. The lowest BCUT2D eigenvalue weighted by molar-refractivity contribution is 0.0728. The maximum absolute atomic E-state index is 13.7. The third-order valence-corrected chi connectivity index (χ3v) is 6.04. The van der Waals surface area contributed by atoms with Gasteiger partial charge in [0.15, 0.2) is 0 Å². The minimum absolute atomic E-state index is 0.220. The normalized spacial score (nSPS) is 10.5. The lowest BCUT2D eigenvalue weighted by Gasteiger charge is -2.24. The Kier molecular flexibility index (Phi) is 7.77. The van der Waals surface area contributed by atoms with Crippen molar-refractivity contribution < 1.29 is 14.1 Å². The number of nitriles is 1. The Morgan fingerprint density at radius 2 is 1.73 bits per heavy atom. The van der Waals surface area contributed by atoms with Crippen LogP contribution in [0.2, 0.25) is 0 Å². The maximum atomic E-state index is 13.7. The third kappa shape index (κ3) is 5.92. The molecule has 0 saturated carbocycles. The van der Waals surface area contributed by atoms with Crippen molar-refractivity contribution in [2.24, 2.45) is 5.73 Å². The van der Waals surface area contributed by atoms with Gasteiger partial charge in [-0.15, -0.1) is 0 Å². The molecule has 3 N–H and O–H groups in total. The molecule has 0 saturated heterocycles. The molecule has 0 bridgehead atoms. The number of carbonyl (C=O) groups is 2. The number of amides is 2. The van der Waals surface area contributed by atoms with Gasteiger partial charge < -0.3 is 20.5 Å². The number of hydrogen-bond donors (Lipinski definition) is 2. The van der Waals surface area contributed by atoms with E-state index >= 15 is 0 Å². The Balaban J connectivity index is 1.64. The molecule has 1 aromatic heterocycles. The summed E-state index contributed by atoms with van der Waals surface area (Å²) in [4.78, 5) is 28.3. The summed E-state index contributed by atoms with van der Waals surface area (Å²) in [5.74, 6) is -0.0792. The second-order valence-electron chi connectivity index (χ2n) is 8.68. The number of para-hydroxylation sites is 1. The summed E-state index contributed by atoms with van der Waals surface area (Å²) in [5, 5.41) is 15.9. The van der Waals surface area contributed by atoms with Crippen LogP contribution in [0, 0.1) is 25.2 Å². The molecule has 0 spiro atoms. The lowest BCUT2D eigenvalue weighted by atomic mass is 10.1. The van der Waals surface area contributed by atoms with Gasteiger partial charge in [-0.25, -0.2) is 0 Å². The number of hydrogen-bond acceptors (Lipinski definition) is 6. The zero-order valence-corrected chi connectivity index (χ0v) is 20.7. The molecular weight excluding hydrogens is 466 g/mol. The van der Waals surface area contributed by atoms with Crippen molar-refractivity contribution in [1.29, 1.82) is 5.26 Å². The number of nitrogens with one attached hydrogen (secondary N) is 1. The molecule has 4 rings (SSSR count). The van der Waals surface area contributed by atoms with Gasteiger partial charge in [-0.05, 0) is 60.9 Å². The average Bonchev–Trinajstić information content (AvgIpc) is 3.26. The Hall–Kier alpha value is -4.74. The monoisotopic (exact) mass is 493 g/mol. The van der Waals surface area contributed by atoms with E-state index in [1.54, 1.807) is 49.1 Å². The number of nitrogens with zero attached hydrogens (tertiary/aromatic N) is 3. The molecular formula is C29H27N5O3. The molecule has 0 atom stereocenters. The van der Waals surface area contributed by atoms with Crippen LogP contribution in [0.15, 0.2) is 77.3 Å². The van der Waals surface area contributed by atoms with E-state index in [2.05, 4.69) is 10.5 Å². The SMILES string of the molecule is Cc1noc(C)c1C(=O)N(Cc1cccc(CN)c1)Cc1ccccc1NC(=O)c1ccc(C#N)cc1. The van der Waals surface area contributed by atoms with Gasteiger partial charge in [0.2, 0.25) is 0 Å². The van der Waals surface area contributed by atoms with Crippen LogP contribution in [0.4, 0.5) is 5.69 Å². The van der Waals surface area contributed by atoms with Crippen molar-refractivity contribution in [3.8, 4) is 6.07 Å². The van der Waals surface area contributed by atoms with Crippen LogP contribution in [0.25, 0.3) is 0 Å². The topological polar surface area (TPSA) is 125 Å². The largest absolute Gasteiger partial charge is 0.361 e. The van der Waals surface area contributed by atoms with Crippen LogP contribution in [-0.4, -0.2) is 21.9 Å². The van der Waals surface area contributed by atoms with Gasteiger partial charge in [-0.3, -0.25) is 9.59 Å². The average molecular weight is 494 g/mol. The van der Waals surface area contributed by atoms with Gasteiger partial charge in [-0.1, -0.05) is 47.6 Å². The fourth-order valence-electron chi connectivity index (χ4n) is 4.10. The van der Waals surface area contributed by atoms with E-state index in [9.17, 15) is 9.59 Å². The van der Waals surface area contributed by atoms with Crippen molar-refractivity contribution in [2.75, 3.05) is 5.32 Å². The number of rotatable bonds is 8. The summed E-state index contributed by atoms with van der Waals surface area (Å²) in [6, 6.07) is 23.6. The minimum Gasteiger partial charge on any atom is -0.361 e. The number of aryl methyl sites for hydroxylation is 2. The second-order valence-corrected chi connectivity index (χ2v) is 8.68. The molecule has 0 aliphatic rings. The fraction of sp³-hybridized carbons (Fsp3) is 0.172. The van der Waals surface area contributed by atoms with E-state index < -0.39 is 0 Å². The molecule has 0 radical (unpaired) electrons. The van der Waals surface area contributed by atoms with E-state index in [1.807, 2.05) is 48.5 Å². The number of aromatic nitrogens is 1. The smallest absolute Gasteiger partial charge is 0.259 e. The zero-order valence-electron chi connectivity index (χ0n) is 20.7. The van der Waals surface area contributed by atoms with Gasteiger partial charge in [0, 0.05) is 30.9 Å². The fourth-order valence-corrected chi connectivity index (χ4v) is 4.10. The van der Waals surface area contributed by atoms with E-state index in [1.165, 1.54) is 0 Å². The predicted octanol–water partition coefficient (Wildman–Crippen LogP) is 4.72. The van der Waals surface area contributed by atoms with Crippen molar-refractivity contribution in [3.63, 3.8) is 0 Å². The summed E-state index contributed by atoms with van der Waals surface area (Å²) >= 11 is 0. The van der Waals surface area contributed by atoms with Crippen molar-refractivity contribution in [2.45, 2.75) is 33.5 Å². The van der Waals surface area contributed by atoms with Gasteiger partial charge >= 0.3 is 0 Å². The molecule has 4 aromatic rings. The van der Waals surface area contributed by atoms with Crippen LogP contribution in [0.1, 0.15) is 54.4 Å². The van der Waals surface area contributed by atoms with Crippen LogP contribution in [0.5, 0.6) is 0 Å². The zero-order chi connectivity index (χ0) is 26.4. The highest BCUT2D eigenvalue weighted by atomic mass is 16.5. The van der Waals surface area contributed by atoms with E-state index in [0.29, 0.717) is 46.9 Å². The first-order valence-electron chi connectivity index (χ1n) is 11.8. The molecule has 186 valence electrons. The standard InChI is InChI=1S/C29H27N5O3/c1-19-27(20(2)37-33-19)29(36)34(17-23-7-5-6-22(14-23)16-31)18-25-8-3-4-9-26(25)32-28(35)24-12-10-21(15-30)11-13-24/h3-14H,16-18,31H2,1-2H3,(H,32,35). The number of nitrogens with two attached hydrogens (primary N) is 1. The van der Waals surface area contributed by atoms with E-state index in [4.69, 9.17) is 15.5 Å². The molecule has 0 aliphatic carbocycles. The van der Waals surface area contributed by atoms with Crippen molar-refractivity contribution in [3.05, 3.63) is 118 Å². The second kappa shape index (κ2) is 11.3. The summed E-state index contributed by atoms with van der Waals surface area (Å²) in [7, 11) is 0. The Labute approximate surface area is 215 Å². The van der Waals surface area contributed by atoms with Gasteiger partial charge in [0.25, 0.3) is 11.8 Å². The summed E-state index contributed by atoms with van der Waals surface area (Å²) in [6.45, 7) is 4.42. The van der Waals surface area contributed by atoms with Crippen molar-refractivity contribution >= 4 is 17.5 Å². The van der Waals surface area contributed by atoms with Crippen LogP contribution in [0.3, 0.4) is 0 Å².